The molecule has 7 heteroatoms. The molecule has 2 aromatic rings. The van der Waals surface area contributed by atoms with Gasteiger partial charge in [0.15, 0.2) is 10.8 Å². The van der Waals surface area contributed by atoms with Crippen LogP contribution in [0.3, 0.4) is 0 Å². The first-order chi connectivity index (χ1) is 9.75. The van der Waals surface area contributed by atoms with Gasteiger partial charge in [-0.15, -0.1) is 0 Å². The average molecular weight is 310 g/mol. The van der Waals surface area contributed by atoms with Gasteiger partial charge in [0.05, 0.1) is 0 Å². The Morgan fingerprint density at radius 2 is 2.05 bits per heavy atom. The predicted octanol–water partition coefficient (Wildman–Crippen LogP) is 2.19. The van der Waals surface area contributed by atoms with Crippen LogP contribution < -0.4 is 5.32 Å². The van der Waals surface area contributed by atoms with Crippen LogP contribution in [0.1, 0.15) is 27.2 Å². The van der Waals surface area contributed by atoms with Crippen molar-refractivity contribution in [3.8, 4) is 0 Å². The molecule has 0 aliphatic rings. The quantitative estimate of drug-likeness (QED) is 0.919. The molecule has 0 atom stereocenters. The smallest absolute Gasteiger partial charge is 0.263 e. The molecule has 6 nitrogen and oxygen atoms in total. The highest BCUT2D eigenvalue weighted by Crippen LogP contribution is 2.30. The normalized spacial score (nSPS) is 13.0. The molecule has 0 aliphatic carbocycles. The molecule has 0 bridgehead atoms. The second kappa shape index (κ2) is 5.31. The number of sulfonamides is 1. The maximum Gasteiger partial charge on any atom is 0.263 e. The van der Waals surface area contributed by atoms with Crippen LogP contribution in [0.2, 0.25) is 0 Å². The van der Waals surface area contributed by atoms with Crippen molar-refractivity contribution in [1.29, 1.82) is 0 Å². The lowest BCUT2D eigenvalue weighted by Crippen LogP contribution is -2.44. The minimum absolute atomic E-state index is 0.171. The van der Waals surface area contributed by atoms with Gasteiger partial charge < -0.3 is 5.32 Å². The van der Waals surface area contributed by atoms with E-state index < -0.39 is 15.6 Å². The minimum atomic E-state index is -3.66. The van der Waals surface area contributed by atoms with E-state index >= 15 is 0 Å². The van der Waals surface area contributed by atoms with E-state index in [0.717, 1.165) is 0 Å². The van der Waals surface area contributed by atoms with Crippen LogP contribution in [0, 0.1) is 0 Å². The van der Waals surface area contributed by atoms with Crippen LogP contribution >= 0.6 is 0 Å². The molecular formula is C14H22N4O2S. The summed E-state index contributed by atoms with van der Waals surface area (Å²) in [5, 5.41) is 3.05. The van der Waals surface area contributed by atoms with Crippen molar-refractivity contribution in [3.63, 3.8) is 0 Å². The monoisotopic (exact) mass is 310 g/mol. The summed E-state index contributed by atoms with van der Waals surface area (Å²) in [6.45, 7) is 5.79. The molecule has 0 spiro atoms. The molecule has 2 rings (SSSR count). The molecule has 0 radical (unpaired) electrons. The highest BCUT2D eigenvalue weighted by molar-refractivity contribution is 7.89. The van der Waals surface area contributed by atoms with Crippen LogP contribution in [-0.2, 0) is 10.0 Å². The predicted molar refractivity (Wildman–Crippen MR) is 84.1 cm³/mol. The summed E-state index contributed by atoms with van der Waals surface area (Å²) in [7, 11) is -0.379. The summed E-state index contributed by atoms with van der Waals surface area (Å²) in [4.78, 5) is 4.33. The summed E-state index contributed by atoms with van der Waals surface area (Å²) in [5.41, 5.74) is 0.131. The molecule has 0 saturated heterocycles. The second-order valence-corrected chi connectivity index (χ2v) is 7.47. The first-order valence-corrected chi connectivity index (χ1v) is 8.33. The summed E-state index contributed by atoms with van der Waals surface area (Å²) < 4.78 is 29.0. The molecule has 2 aromatic heterocycles. The number of hydrogen-bond donors (Lipinski definition) is 1. The van der Waals surface area contributed by atoms with Crippen LogP contribution in [0.5, 0.6) is 0 Å². The van der Waals surface area contributed by atoms with Crippen molar-refractivity contribution in [2.24, 2.45) is 0 Å². The van der Waals surface area contributed by atoms with E-state index in [-0.39, 0.29) is 5.03 Å². The third kappa shape index (κ3) is 2.51. The van der Waals surface area contributed by atoms with Gasteiger partial charge in [0, 0.05) is 25.8 Å². The minimum Gasteiger partial charge on any atom is -0.371 e. The summed E-state index contributed by atoms with van der Waals surface area (Å²) in [6.07, 6.45) is 2.43. The zero-order valence-corrected chi connectivity index (χ0v) is 13.9. The van der Waals surface area contributed by atoms with Gasteiger partial charge in [-0.25, -0.2) is 13.4 Å². The number of aromatic nitrogens is 2. The molecule has 0 aliphatic heterocycles. The Balaban J connectivity index is 2.70. The number of nitrogens with zero attached hydrogens (tertiary/aromatic N) is 3. The van der Waals surface area contributed by atoms with Crippen molar-refractivity contribution < 1.29 is 8.42 Å². The van der Waals surface area contributed by atoms with Crippen molar-refractivity contribution in [2.45, 2.75) is 37.8 Å². The average Bonchev–Trinajstić information content (AvgIpc) is 2.85. The van der Waals surface area contributed by atoms with Gasteiger partial charge in [0.1, 0.15) is 5.65 Å². The van der Waals surface area contributed by atoms with Gasteiger partial charge in [-0.05, 0) is 32.4 Å². The zero-order chi connectivity index (χ0) is 15.8. The van der Waals surface area contributed by atoms with Gasteiger partial charge in [-0.3, -0.25) is 4.40 Å². The maximum atomic E-state index is 13.0. The van der Waals surface area contributed by atoms with Gasteiger partial charge in [-0.2, -0.15) is 4.31 Å². The van der Waals surface area contributed by atoms with Gasteiger partial charge in [-0.1, -0.05) is 13.0 Å². The Morgan fingerprint density at radius 3 is 2.62 bits per heavy atom. The van der Waals surface area contributed by atoms with Crippen LogP contribution in [-0.4, -0.2) is 41.7 Å². The molecule has 0 aromatic carbocycles. The van der Waals surface area contributed by atoms with E-state index in [0.29, 0.717) is 17.9 Å². The fourth-order valence-electron chi connectivity index (χ4n) is 2.06. The molecule has 0 unspecified atom stereocenters. The lowest BCUT2D eigenvalue weighted by molar-refractivity contribution is 0.256. The Labute approximate surface area is 125 Å². The Hall–Kier alpha value is -1.60. The van der Waals surface area contributed by atoms with Crippen molar-refractivity contribution in [2.75, 3.05) is 19.4 Å². The van der Waals surface area contributed by atoms with E-state index in [9.17, 15) is 8.42 Å². The number of anilines is 1. The fourth-order valence-corrected chi connectivity index (χ4v) is 3.89. The molecule has 2 heterocycles. The molecule has 1 N–H and O–H groups in total. The van der Waals surface area contributed by atoms with Crippen molar-refractivity contribution in [1.82, 2.24) is 13.7 Å². The number of pyridine rings is 1. The topological polar surface area (TPSA) is 66.7 Å². The summed E-state index contributed by atoms with van der Waals surface area (Å²) in [5.74, 6) is 0.361. The van der Waals surface area contributed by atoms with Crippen molar-refractivity contribution >= 4 is 21.5 Å². The second-order valence-electron chi connectivity index (χ2n) is 5.58. The maximum absolute atomic E-state index is 13.0. The zero-order valence-electron chi connectivity index (χ0n) is 13.1. The highest BCUT2D eigenvalue weighted by Gasteiger charge is 2.36. The van der Waals surface area contributed by atoms with Crippen molar-refractivity contribution in [3.05, 3.63) is 24.4 Å². The number of nitrogens with one attached hydrogen (secondary N) is 1. The number of hydrogen-bond acceptors (Lipinski definition) is 4. The first-order valence-electron chi connectivity index (χ1n) is 6.89. The largest absolute Gasteiger partial charge is 0.371 e. The van der Waals surface area contributed by atoms with E-state index in [1.807, 2.05) is 26.8 Å². The fraction of sp³-hybridized carbons (Fsp3) is 0.500. The Bertz CT molecular complexity index is 749. The van der Waals surface area contributed by atoms with Crippen LogP contribution in [0.15, 0.2) is 29.4 Å². The third-order valence-electron chi connectivity index (χ3n) is 4.05. The molecule has 0 saturated carbocycles. The Kier molecular flexibility index (Phi) is 3.99. The standard InChI is InChI=1S/C14H22N4O2S/c1-6-14(2,3)17(5)21(19,20)13-12(15-4)16-11-9-7-8-10-18(11)13/h7-10,15H,6H2,1-5H3. The van der Waals surface area contributed by atoms with Crippen LogP contribution in [0.4, 0.5) is 5.82 Å². The molecule has 116 valence electrons. The van der Waals surface area contributed by atoms with Gasteiger partial charge in [0.2, 0.25) is 0 Å². The molecule has 21 heavy (non-hydrogen) atoms. The lowest BCUT2D eigenvalue weighted by atomic mass is 10.0. The third-order valence-corrected chi connectivity index (χ3v) is 6.14. The van der Waals surface area contributed by atoms with E-state index in [1.54, 1.807) is 36.8 Å². The van der Waals surface area contributed by atoms with Gasteiger partial charge in [0.25, 0.3) is 10.0 Å². The number of imidazole rings is 1. The van der Waals surface area contributed by atoms with Crippen LogP contribution in [0.25, 0.3) is 5.65 Å². The molecule has 0 fully saturated rings. The molecule has 0 amide bonds. The van der Waals surface area contributed by atoms with E-state index in [2.05, 4.69) is 10.3 Å². The van der Waals surface area contributed by atoms with E-state index in [4.69, 9.17) is 0 Å². The number of rotatable bonds is 5. The SMILES string of the molecule is CCC(C)(C)N(C)S(=O)(=O)c1c(NC)nc2ccccn12. The lowest BCUT2D eigenvalue weighted by Gasteiger charge is -2.33. The molecular weight excluding hydrogens is 288 g/mol. The summed E-state index contributed by atoms with van der Waals surface area (Å²) >= 11 is 0. The highest BCUT2D eigenvalue weighted by atomic mass is 32.2. The Morgan fingerprint density at radius 1 is 1.38 bits per heavy atom. The van der Waals surface area contributed by atoms with Gasteiger partial charge >= 0.3 is 0 Å². The van der Waals surface area contributed by atoms with E-state index in [1.165, 1.54) is 4.31 Å². The first kappa shape index (κ1) is 15.8. The summed E-state index contributed by atoms with van der Waals surface area (Å²) in [6, 6.07) is 5.40. The number of fused-ring (bicyclic) bond motifs is 1.